The Morgan fingerprint density at radius 1 is 1.14 bits per heavy atom. The minimum atomic E-state index is -4.02. The molecule has 36 heavy (non-hydrogen) atoms. The van der Waals surface area contributed by atoms with Crippen molar-refractivity contribution < 1.29 is 27.4 Å². The predicted molar refractivity (Wildman–Crippen MR) is 138 cm³/mol. The third-order valence-electron chi connectivity index (χ3n) is 6.71. The summed E-state index contributed by atoms with van der Waals surface area (Å²) in [6, 6.07) is 9.15. The number of ketones is 1. The van der Waals surface area contributed by atoms with E-state index in [1.54, 1.807) is 37.3 Å². The van der Waals surface area contributed by atoms with E-state index in [2.05, 4.69) is 5.32 Å². The first-order valence-corrected chi connectivity index (χ1v) is 12.4. The smallest absolute Gasteiger partial charge is 0.410 e. The van der Waals surface area contributed by atoms with E-state index in [1.165, 1.54) is 0 Å². The Morgan fingerprint density at radius 3 is 2.64 bits per heavy atom. The van der Waals surface area contributed by atoms with E-state index in [0.717, 1.165) is 20.1 Å². The minimum Gasteiger partial charge on any atom is -0.410 e. The summed E-state index contributed by atoms with van der Waals surface area (Å²) in [5.41, 5.74) is 3.71. The van der Waals surface area contributed by atoms with Crippen molar-refractivity contribution in [1.29, 1.82) is 0 Å². The van der Waals surface area contributed by atoms with Crippen LogP contribution in [0.15, 0.2) is 48.2 Å². The molecule has 6 nitrogen and oxygen atoms in total. The maximum atomic E-state index is 15.5. The fraction of sp³-hybridized carbons (Fsp3) is 0.370. The summed E-state index contributed by atoms with van der Waals surface area (Å²) in [7, 11) is 0. The molecule has 2 aliphatic heterocycles. The zero-order valence-corrected chi connectivity index (χ0v) is 21.2. The molecule has 3 heterocycles. The first-order chi connectivity index (χ1) is 17.1. The number of rotatable bonds is 9. The predicted octanol–water partition coefficient (Wildman–Crippen LogP) is 5.75. The third-order valence-corrected chi connectivity index (χ3v) is 6.71. The first kappa shape index (κ1) is 25.6. The van der Waals surface area contributed by atoms with Crippen LogP contribution < -0.4 is 10.1 Å². The van der Waals surface area contributed by atoms with Gasteiger partial charge in [0.05, 0.1) is 0 Å². The monoisotopic (exact) mass is 495 g/mol. The van der Waals surface area contributed by atoms with Crippen molar-refractivity contribution in [1.82, 2.24) is 9.79 Å². The molecule has 0 saturated heterocycles. The fourth-order valence-corrected chi connectivity index (χ4v) is 4.95. The molecule has 1 aromatic carbocycles. The van der Waals surface area contributed by atoms with Crippen LogP contribution in [0.25, 0.3) is 6.08 Å². The van der Waals surface area contributed by atoms with Gasteiger partial charge in [-0.15, -0.1) is 0 Å². The number of para-hydroxylation sites is 1. The Balaban J connectivity index is 1.27. The molecule has 2 aromatic rings. The van der Waals surface area contributed by atoms with Crippen LogP contribution in [0.5, 0.6) is 5.75 Å². The molecule has 4 rings (SSSR count). The number of hydrogen-bond acceptors (Lipinski definition) is 3. The van der Waals surface area contributed by atoms with E-state index >= 15 is 8.63 Å². The molecule has 2 aliphatic rings. The summed E-state index contributed by atoms with van der Waals surface area (Å²) < 4.78 is 38.5. The number of carbonyl (C=O) groups is 2. The number of fused-ring (bicyclic) bond motifs is 2. The SMILES string of the molecule is Cc1cc(C)n2c1C=C1C=CC(CCC(=O)CCCNC(=O)Oc3ccccc3C(C)C)=[N+]1[B-]2(F)F. The highest BCUT2D eigenvalue weighted by molar-refractivity contribution is 6.58. The largest absolute Gasteiger partial charge is 0.737 e. The van der Waals surface area contributed by atoms with Crippen LogP contribution in [0.4, 0.5) is 13.4 Å². The van der Waals surface area contributed by atoms with Crippen molar-refractivity contribution in [3.05, 3.63) is 70.7 Å². The Bertz CT molecular complexity index is 1290. The molecule has 0 atom stereocenters. The van der Waals surface area contributed by atoms with Gasteiger partial charge in [-0.2, -0.15) is 0 Å². The van der Waals surface area contributed by atoms with Crippen LogP contribution in [-0.4, -0.2) is 40.1 Å². The number of Topliss-reactive ketones (excluding diaryl/α,β-unsaturated/α-hetero) is 1. The number of carbonyl (C=O) groups excluding carboxylic acids is 2. The average Bonchev–Trinajstić information content (AvgIpc) is 3.36. The van der Waals surface area contributed by atoms with Gasteiger partial charge in [-0.05, 0) is 55.1 Å². The van der Waals surface area contributed by atoms with E-state index in [4.69, 9.17) is 4.74 Å². The lowest BCUT2D eigenvalue weighted by atomic mass is 9.90. The highest BCUT2D eigenvalue weighted by Crippen LogP contribution is 2.34. The van der Waals surface area contributed by atoms with Gasteiger partial charge in [0.15, 0.2) is 5.70 Å². The summed E-state index contributed by atoms with van der Waals surface area (Å²) >= 11 is 0. The maximum Gasteiger partial charge on any atom is 0.737 e. The number of amides is 1. The van der Waals surface area contributed by atoms with E-state index in [-0.39, 0.29) is 31.0 Å². The van der Waals surface area contributed by atoms with Crippen molar-refractivity contribution >= 4 is 30.6 Å². The summed E-state index contributed by atoms with van der Waals surface area (Å²) in [6.45, 7) is 3.83. The number of ether oxygens (including phenoxy) is 1. The van der Waals surface area contributed by atoms with Crippen molar-refractivity contribution in [2.75, 3.05) is 6.54 Å². The lowest BCUT2D eigenvalue weighted by Crippen LogP contribution is -2.50. The number of nitrogens with one attached hydrogen (secondary N) is 1. The van der Waals surface area contributed by atoms with Gasteiger partial charge in [-0.3, -0.25) is 4.79 Å². The summed E-state index contributed by atoms with van der Waals surface area (Å²) in [5, 5.41) is 2.67. The number of aryl methyl sites for hydroxylation is 2. The van der Waals surface area contributed by atoms with Gasteiger partial charge in [0, 0.05) is 49.7 Å². The van der Waals surface area contributed by atoms with Crippen LogP contribution in [0.1, 0.15) is 68.0 Å². The average molecular weight is 495 g/mol. The van der Waals surface area contributed by atoms with Gasteiger partial charge in [-0.1, -0.05) is 32.0 Å². The summed E-state index contributed by atoms with van der Waals surface area (Å²) in [6.07, 6.45) is 5.68. The van der Waals surface area contributed by atoms with Gasteiger partial charge < -0.3 is 27.6 Å². The molecule has 0 radical (unpaired) electrons. The molecule has 1 aromatic heterocycles. The third kappa shape index (κ3) is 5.06. The molecule has 0 unspecified atom stereocenters. The van der Waals surface area contributed by atoms with E-state index in [1.807, 2.05) is 39.0 Å². The summed E-state index contributed by atoms with van der Waals surface area (Å²) in [5.74, 6) is 0.704. The fourth-order valence-electron chi connectivity index (χ4n) is 4.95. The highest BCUT2D eigenvalue weighted by atomic mass is 19.2. The molecule has 0 aliphatic carbocycles. The lowest BCUT2D eigenvalue weighted by molar-refractivity contribution is -0.362. The maximum absolute atomic E-state index is 15.5. The molecule has 0 saturated carbocycles. The second-order valence-corrected chi connectivity index (χ2v) is 9.73. The van der Waals surface area contributed by atoms with Crippen LogP contribution in [0, 0.1) is 13.8 Å². The molecular formula is C27H32BF2N3O3. The molecule has 190 valence electrons. The normalized spacial score (nSPS) is 15.6. The number of aromatic nitrogens is 1. The standard InChI is InChI=1S/C27H32BF2N3O3/c1-18(2)24-9-5-6-10-26(24)36-27(35)31-15-7-8-23(34)14-13-21-11-12-22-17-25-19(3)16-20(4)32(25)28(29,30)33(21)22/h5-6,9-12,16-18H,7-8,13-15H2,1-4H3,(H,31,35). The molecule has 0 fully saturated rings. The molecule has 0 spiro atoms. The number of nitrogens with zero attached hydrogens (tertiary/aromatic N) is 2. The molecular weight excluding hydrogens is 463 g/mol. The van der Waals surface area contributed by atoms with E-state index in [9.17, 15) is 9.59 Å². The van der Waals surface area contributed by atoms with Crippen molar-refractivity contribution in [2.45, 2.75) is 59.3 Å². The van der Waals surface area contributed by atoms with Crippen LogP contribution in [0.3, 0.4) is 0 Å². The quantitative estimate of drug-likeness (QED) is 0.356. The van der Waals surface area contributed by atoms with Gasteiger partial charge in [-0.25, -0.2) is 4.79 Å². The lowest BCUT2D eigenvalue weighted by Gasteiger charge is -2.30. The number of hydrogen-bond donors (Lipinski definition) is 1. The molecule has 1 N–H and O–H groups in total. The molecule has 0 bridgehead atoms. The van der Waals surface area contributed by atoms with Gasteiger partial charge in [0.25, 0.3) is 0 Å². The second kappa shape index (κ2) is 10.2. The Hall–Kier alpha value is -3.49. The number of allylic oxidation sites excluding steroid dienone is 2. The topological polar surface area (TPSA) is 63.3 Å². The highest BCUT2D eigenvalue weighted by Gasteiger charge is 2.52. The Kier molecular flexibility index (Phi) is 7.29. The number of halogens is 2. The molecule has 1 amide bonds. The van der Waals surface area contributed by atoms with E-state index in [0.29, 0.717) is 41.5 Å². The zero-order valence-electron chi connectivity index (χ0n) is 21.2. The van der Waals surface area contributed by atoms with Crippen LogP contribution >= 0.6 is 0 Å². The van der Waals surface area contributed by atoms with Crippen LogP contribution in [-0.2, 0) is 4.79 Å². The molecule has 9 heteroatoms. The van der Waals surface area contributed by atoms with E-state index < -0.39 is 13.1 Å². The van der Waals surface area contributed by atoms with Crippen molar-refractivity contribution in [2.24, 2.45) is 0 Å². The van der Waals surface area contributed by atoms with Crippen molar-refractivity contribution in [3.8, 4) is 5.75 Å². The first-order valence-electron chi connectivity index (χ1n) is 12.4. The zero-order chi connectivity index (χ0) is 26.0. The van der Waals surface area contributed by atoms with Gasteiger partial charge in [0.2, 0.25) is 0 Å². The summed E-state index contributed by atoms with van der Waals surface area (Å²) in [4.78, 5) is 24.6. The van der Waals surface area contributed by atoms with Crippen molar-refractivity contribution in [3.63, 3.8) is 0 Å². The minimum absolute atomic E-state index is 0.0323. The van der Waals surface area contributed by atoms with Gasteiger partial charge in [0.1, 0.15) is 17.2 Å². The Labute approximate surface area is 210 Å². The number of benzene rings is 1. The van der Waals surface area contributed by atoms with Crippen LogP contribution in [0.2, 0.25) is 0 Å². The van der Waals surface area contributed by atoms with Gasteiger partial charge >= 0.3 is 13.1 Å². The second-order valence-electron chi connectivity index (χ2n) is 9.73. The Morgan fingerprint density at radius 2 is 1.89 bits per heavy atom.